The Morgan fingerprint density at radius 3 is 2.79 bits per heavy atom. The predicted molar refractivity (Wildman–Crippen MR) is 78.0 cm³/mol. The maximum absolute atomic E-state index is 12.5. The molecule has 5 heteroatoms. The molecule has 2 N–H and O–H groups in total. The summed E-state index contributed by atoms with van der Waals surface area (Å²) in [7, 11) is 0. The monoisotopic (exact) mass is 275 g/mol. The molecule has 0 saturated carbocycles. The lowest BCUT2D eigenvalue weighted by Gasteiger charge is -2.26. The van der Waals surface area contributed by atoms with Gasteiger partial charge in [0.1, 0.15) is 5.82 Å². The number of rotatable bonds is 4. The number of thiophene rings is 1. The molecule has 0 spiro atoms. The molecule has 1 amide bonds. The summed E-state index contributed by atoms with van der Waals surface area (Å²) in [5, 5.41) is 2.01. The zero-order chi connectivity index (χ0) is 13.8. The third-order valence-electron chi connectivity index (χ3n) is 2.86. The van der Waals surface area contributed by atoms with E-state index >= 15 is 0 Å². The number of nitrogens with zero attached hydrogens (tertiary/aromatic N) is 2. The fourth-order valence-electron chi connectivity index (χ4n) is 1.81. The van der Waals surface area contributed by atoms with Crippen LogP contribution in [-0.4, -0.2) is 21.8 Å². The van der Waals surface area contributed by atoms with Gasteiger partial charge in [0.05, 0.1) is 12.1 Å². The van der Waals surface area contributed by atoms with E-state index in [0.29, 0.717) is 12.1 Å². The molecule has 0 radical (unpaired) electrons. The number of nitrogens with two attached hydrogens (primary N) is 1. The molecule has 0 aliphatic rings. The number of carbonyl (C=O) groups is 1. The standard InChI is InChI=1S/C14H17N3OS/c1-10(2)17(9-11-5-4-8-19-11)14(18)12-6-3-7-16-13(12)15/h3-8,10H,9H2,1-2H3,(H2,15,16). The van der Waals surface area contributed by atoms with Gasteiger partial charge in [-0.1, -0.05) is 6.07 Å². The van der Waals surface area contributed by atoms with Crippen molar-refractivity contribution in [1.29, 1.82) is 0 Å². The third-order valence-corrected chi connectivity index (χ3v) is 3.72. The van der Waals surface area contributed by atoms with Crippen LogP contribution in [-0.2, 0) is 6.54 Å². The Hall–Kier alpha value is -1.88. The Labute approximate surface area is 116 Å². The van der Waals surface area contributed by atoms with E-state index in [1.54, 1.807) is 34.6 Å². The van der Waals surface area contributed by atoms with Crippen LogP contribution in [0.1, 0.15) is 29.1 Å². The van der Waals surface area contributed by atoms with Crippen LogP contribution in [0.3, 0.4) is 0 Å². The Bertz CT molecular complexity index is 552. The van der Waals surface area contributed by atoms with Crippen LogP contribution in [0.25, 0.3) is 0 Å². The lowest BCUT2D eigenvalue weighted by molar-refractivity contribution is 0.0693. The number of anilines is 1. The molecule has 0 aliphatic carbocycles. The Morgan fingerprint density at radius 2 is 2.21 bits per heavy atom. The van der Waals surface area contributed by atoms with Gasteiger partial charge in [0.2, 0.25) is 0 Å². The molecule has 0 aliphatic heterocycles. The van der Waals surface area contributed by atoms with Crippen molar-refractivity contribution in [2.45, 2.75) is 26.4 Å². The van der Waals surface area contributed by atoms with Crippen LogP contribution in [0.2, 0.25) is 0 Å². The van der Waals surface area contributed by atoms with Gasteiger partial charge in [-0.15, -0.1) is 11.3 Å². The number of nitrogen functional groups attached to an aromatic ring is 1. The second kappa shape index (κ2) is 5.84. The first-order valence-corrected chi connectivity index (χ1v) is 7.01. The summed E-state index contributed by atoms with van der Waals surface area (Å²) in [5.41, 5.74) is 6.24. The van der Waals surface area contributed by atoms with Crippen LogP contribution in [0, 0.1) is 0 Å². The molecule has 2 aromatic heterocycles. The zero-order valence-electron chi connectivity index (χ0n) is 11.0. The topological polar surface area (TPSA) is 59.2 Å². The number of aromatic nitrogens is 1. The summed E-state index contributed by atoms with van der Waals surface area (Å²) in [6.07, 6.45) is 1.59. The lowest BCUT2D eigenvalue weighted by Crippen LogP contribution is -2.36. The van der Waals surface area contributed by atoms with Crippen molar-refractivity contribution in [1.82, 2.24) is 9.88 Å². The van der Waals surface area contributed by atoms with E-state index in [0.717, 1.165) is 4.88 Å². The van der Waals surface area contributed by atoms with Crippen molar-refractivity contribution in [3.8, 4) is 0 Å². The number of carbonyl (C=O) groups excluding carboxylic acids is 1. The molecule has 100 valence electrons. The summed E-state index contributed by atoms with van der Waals surface area (Å²) >= 11 is 1.64. The SMILES string of the molecule is CC(C)N(Cc1cccs1)C(=O)c1cccnc1N. The molecule has 0 aromatic carbocycles. The third kappa shape index (κ3) is 3.12. The minimum absolute atomic E-state index is 0.0750. The van der Waals surface area contributed by atoms with Crippen molar-refractivity contribution < 1.29 is 4.79 Å². The second-order valence-electron chi connectivity index (χ2n) is 4.54. The number of amides is 1. The summed E-state index contributed by atoms with van der Waals surface area (Å²) < 4.78 is 0. The van der Waals surface area contributed by atoms with Gasteiger partial charge in [-0.25, -0.2) is 4.98 Å². The average Bonchev–Trinajstić information content (AvgIpc) is 2.88. The summed E-state index contributed by atoms with van der Waals surface area (Å²) in [6, 6.07) is 7.57. The van der Waals surface area contributed by atoms with Gasteiger partial charge in [-0.2, -0.15) is 0 Å². The second-order valence-corrected chi connectivity index (χ2v) is 5.57. The summed E-state index contributed by atoms with van der Waals surface area (Å²) in [6.45, 7) is 4.60. The summed E-state index contributed by atoms with van der Waals surface area (Å²) in [4.78, 5) is 19.5. The Balaban J connectivity index is 2.24. The first-order chi connectivity index (χ1) is 9.09. The highest BCUT2D eigenvalue weighted by Gasteiger charge is 2.21. The first kappa shape index (κ1) is 13.5. The molecule has 0 unspecified atom stereocenters. The smallest absolute Gasteiger partial charge is 0.258 e. The summed E-state index contributed by atoms with van der Waals surface area (Å²) in [5.74, 6) is 0.207. The fraction of sp³-hybridized carbons (Fsp3) is 0.286. The quantitative estimate of drug-likeness (QED) is 0.933. The molecular formula is C14H17N3OS. The van der Waals surface area contributed by atoms with Gasteiger partial charge in [-0.05, 0) is 37.4 Å². The molecule has 0 atom stereocenters. The van der Waals surface area contributed by atoms with Gasteiger partial charge in [0.15, 0.2) is 0 Å². The number of pyridine rings is 1. The van der Waals surface area contributed by atoms with Crippen LogP contribution in [0.5, 0.6) is 0 Å². The van der Waals surface area contributed by atoms with Crippen molar-refractivity contribution in [3.63, 3.8) is 0 Å². The van der Waals surface area contributed by atoms with Gasteiger partial charge >= 0.3 is 0 Å². The van der Waals surface area contributed by atoms with Crippen molar-refractivity contribution in [2.24, 2.45) is 0 Å². The Kier molecular flexibility index (Phi) is 4.16. The molecule has 0 bridgehead atoms. The maximum atomic E-state index is 12.5. The molecule has 2 aromatic rings. The van der Waals surface area contributed by atoms with Crippen molar-refractivity contribution in [2.75, 3.05) is 5.73 Å². The van der Waals surface area contributed by atoms with Crippen molar-refractivity contribution in [3.05, 3.63) is 46.3 Å². The Morgan fingerprint density at radius 1 is 1.42 bits per heavy atom. The van der Waals surface area contributed by atoms with Gasteiger partial charge < -0.3 is 10.6 Å². The number of hydrogen-bond acceptors (Lipinski definition) is 4. The number of hydrogen-bond donors (Lipinski definition) is 1. The van der Waals surface area contributed by atoms with E-state index in [9.17, 15) is 4.79 Å². The van der Waals surface area contributed by atoms with E-state index in [-0.39, 0.29) is 17.8 Å². The van der Waals surface area contributed by atoms with E-state index < -0.39 is 0 Å². The first-order valence-electron chi connectivity index (χ1n) is 6.13. The highest BCUT2D eigenvalue weighted by atomic mass is 32.1. The molecular weight excluding hydrogens is 258 g/mol. The fourth-order valence-corrected chi connectivity index (χ4v) is 2.52. The highest BCUT2D eigenvalue weighted by molar-refractivity contribution is 7.09. The molecule has 2 rings (SSSR count). The minimum Gasteiger partial charge on any atom is -0.383 e. The maximum Gasteiger partial charge on any atom is 0.258 e. The van der Waals surface area contributed by atoms with Gasteiger partial charge in [0, 0.05) is 17.1 Å². The predicted octanol–water partition coefficient (Wildman–Crippen LogP) is 2.78. The van der Waals surface area contributed by atoms with Crippen LogP contribution >= 0.6 is 11.3 Å². The van der Waals surface area contributed by atoms with Crippen molar-refractivity contribution >= 4 is 23.1 Å². The minimum atomic E-state index is -0.0750. The average molecular weight is 275 g/mol. The van der Waals surface area contributed by atoms with Gasteiger partial charge in [0.25, 0.3) is 5.91 Å². The lowest BCUT2D eigenvalue weighted by atomic mass is 10.2. The molecule has 0 fully saturated rings. The van der Waals surface area contributed by atoms with Crippen LogP contribution < -0.4 is 5.73 Å². The molecule has 2 heterocycles. The van der Waals surface area contributed by atoms with E-state index in [1.807, 2.05) is 31.4 Å². The molecule has 19 heavy (non-hydrogen) atoms. The molecule has 0 saturated heterocycles. The van der Waals surface area contributed by atoms with Crippen LogP contribution in [0.4, 0.5) is 5.82 Å². The molecule has 4 nitrogen and oxygen atoms in total. The van der Waals surface area contributed by atoms with E-state index in [1.165, 1.54) is 0 Å². The normalized spacial score (nSPS) is 10.7. The largest absolute Gasteiger partial charge is 0.383 e. The van der Waals surface area contributed by atoms with Crippen LogP contribution in [0.15, 0.2) is 35.8 Å². The van der Waals surface area contributed by atoms with E-state index in [2.05, 4.69) is 4.98 Å². The van der Waals surface area contributed by atoms with Gasteiger partial charge in [-0.3, -0.25) is 4.79 Å². The highest BCUT2D eigenvalue weighted by Crippen LogP contribution is 2.18. The zero-order valence-corrected chi connectivity index (χ0v) is 11.9. The van der Waals surface area contributed by atoms with E-state index in [4.69, 9.17) is 5.73 Å².